The molecule has 0 spiro atoms. The second kappa shape index (κ2) is 5.01. The van der Waals surface area contributed by atoms with Crippen LogP contribution in [0.4, 0.5) is 4.39 Å². The summed E-state index contributed by atoms with van der Waals surface area (Å²) in [5.41, 5.74) is 1.05. The molecule has 0 fully saturated rings. The van der Waals surface area contributed by atoms with Gasteiger partial charge in [-0.15, -0.1) is 0 Å². The van der Waals surface area contributed by atoms with Gasteiger partial charge in [-0.25, -0.2) is 4.39 Å². The lowest BCUT2D eigenvalue weighted by Gasteiger charge is -2.03. The molecule has 2 aromatic rings. The van der Waals surface area contributed by atoms with Gasteiger partial charge in [0.05, 0.1) is 12.4 Å². The fraction of sp³-hybridized carbons (Fsp3) is 0.0833. The van der Waals surface area contributed by atoms with E-state index in [1.165, 1.54) is 30.6 Å². The van der Waals surface area contributed by atoms with Gasteiger partial charge in [-0.1, -0.05) is 17.7 Å². The van der Waals surface area contributed by atoms with Crippen LogP contribution in [-0.2, 0) is 6.42 Å². The van der Waals surface area contributed by atoms with Crippen LogP contribution in [0, 0.1) is 5.82 Å². The molecule has 0 radical (unpaired) electrons. The van der Waals surface area contributed by atoms with E-state index >= 15 is 0 Å². The lowest BCUT2D eigenvalue weighted by atomic mass is 10.0. The van der Waals surface area contributed by atoms with Gasteiger partial charge in [0.25, 0.3) is 0 Å². The Labute approximate surface area is 102 Å². The highest BCUT2D eigenvalue weighted by Crippen LogP contribution is 2.19. The van der Waals surface area contributed by atoms with Crippen molar-refractivity contribution in [2.75, 3.05) is 0 Å². The number of carbonyl (C=O) groups excluding carboxylic acids is 1. The highest BCUT2D eigenvalue weighted by Gasteiger charge is 2.10. The van der Waals surface area contributed by atoms with Gasteiger partial charge < -0.3 is 0 Å². The molecule has 1 aromatic heterocycles. The molecule has 0 bridgehead atoms. The quantitative estimate of drug-likeness (QED) is 0.787. The van der Waals surface area contributed by atoms with Crippen molar-refractivity contribution < 1.29 is 9.18 Å². The molecular weight excluding hydrogens is 243 g/mol. The number of rotatable bonds is 3. The van der Waals surface area contributed by atoms with Crippen LogP contribution in [0.15, 0.2) is 36.7 Å². The van der Waals surface area contributed by atoms with Gasteiger partial charge in [0.15, 0.2) is 5.78 Å². The first-order valence-corrected chi connectivity index (χ1v) is 5.28. The van der Waals surface area contributed by atoms with Crippen LogP contribution in [-0.4, -0.2) is 16.0 Å². The minimum Gasteiger partial charge on any atom is -0.294 e. The molecule has 0 unspecified atom stereocenters. The molecule has 1 heterocycles. The fourth-order valence-electron chi connectivity index (χ4n) is 1.40. The second-order valence-corrected chi connectivity index (χ2v) is 3.87. The Morgan fingerprint density at radius 2 is 2.12 bits per heavy atom. The molecule has 0 aliphatic carbocycles. The highest BCUT2D eigenvalue weighted by molar-refractivity contribution is 6.31. The van der Waals surface area contributed by atoms with Crippen LogP contribution < -0.4 is 0 Å². The molecule has 0 atom stereocenters. The summed E-state index contributed by atoms with van der Waals surface area (Å²) in [6.45, 7) is 0. The van der Waals surface area contributed by atoms with Crippen molar-refractivity contribution in [3.8, 4) is 0 Å². The first-order valence-electron chi connectivity index (χ1n) is 4.90. The molecule has 1 aromatic carbocycles. The van der Waals surface area contributed by atoms with E-state index in [0.717, 1.165) is 0 Å². The zero-order valence-corrected chi connectivity index (χ0v) is 9.49. The topological polar surface area (TPSA) is 42.9 Å². The minimum atomic E-state index is -0.420. The number of Topliss-reactive ketones (excluding diaryl/α,β-unsaturated/α-hetero) is 1. The summed E-state index contributed by atoms with van der Waals surface area (Å²) in [4.78, 5) is 11.8. The summed E-state index contributed by atoms with van der Waals surface area (Å²) in [5.74, 6) is -0.551. The zero-order valence-electron chi connectivity index (χ0n) is 8.73. The maximum atomic E-state index is 12.8. The highest BCUT2D eigenvalue weighted by atomic mass is 35.5. The molecule has 5 heteroatoms. The standard InChI is InChI=1S/C12H8ClFN2O/c13-11-6-10(14)2-1-8(11)5-12(17)9-3-4-15-16-7-9/h1-4,6-7H,5H2. The van der Waals surface area contributed by atoms with Gasteiger partial charge in [0, 0.05) is 17.0 Å². The van der Waals surface area contributed by atoms with Gasteiger partial charge in [0.1, 0.15) is 5.82 Å². The number of ketones is 1. The number of hydrogen-bond acceptors (Lipinski definition) is 3. The van der Waals surface area contributed by atoms with E-state index < -0.39 is 5.82 Å². The Balaban J connectivity index is 2.19. The van der Waals surface area contributed by atoms with Crippen LogP contribution >= 0.6 is 11.6 Å². The van der Waals surface area contributed by atoms with Crippen molar-refractivity contribution in [3.05, 3.63) is 58.6 Å². The van der Waals surface area contributed by atoms with Crippen LogP contribution in [0.3, 0.4) is 0 Å². The Hall–Kier alpha value is -1.81. The van der Waals surface area contributed by atoms with Gasteiger partial charge in [-0.3, -0.25) is 4.79 Å². The molecule has 0 saturated heterocycles. The molecule has 2 rings (SSSR count). The number of benzene rings is 1. The SMILES string of the molecule is O=C(Cc1ccc(F)cc1Cl)c1ccnnc1. The predicted octanol–water partition coefficient (Wildman–Crippen LogP) is 2.69. The normalized spacial score (nSPS) is 10.2. The Morgan fingerprint density at radius 3 is 2.76 bits per heavy atom. The molecule has 0 aliphatic heterocycles. The van der Waals surface area contributed by atoms with E-state index in [0.29, 0.717) is 11.1 Å². The lowest BCUT2D eigenvalue weighted by molar-refractivity contribution is 0.0992. The smallest absolute Gasteiger partial charge is 0.168 e. The van der Waals surface area contributed by atoms with E-state index in [9.17, 15) is 9.18 Å². The largest absolute Gasteiger partial charge is 0.294 e. The molecule has 0 N–H and O–H groups in total. The Kier molecular flexibility index (Phi) is 3.44. The number of aromatic nitrogens is 2. The van der Waals surface area contributed by atoms with Gasteiger partial charge in [-0.05, 0) is 23.8 Å². The van der Waals surface area contributed by atoms with Crippen molar-refractivity contribution in [2.24, 2.45) is 0 Å². The van der Waals surface area contributed by atoms with Crippen LogP contribution in [0.25, 0.3) is 0 Å². The summed E-state index contributed by atoms with van der Waals surface area (Å²) in [7, 11) is 0. The van der Waals surface area contributed by atoms with E-state index in [-0.39, 0.29) is 17.2 Å². The number of carbonyl (C=O) groups is 1. The van der Waals surface area contributed by atoms with Crippen molar-refractivity contribution in [2.45, 2.75) is 6.42 Å². The average molecular weight is 251 g/mol. The minimum absolute atomic E-state index is 0.116. The molecule has 0 aliphatic rings. The Bertz CT molecular complexity index is 545. The lowest BCUT2D eigenvalue weighted by Crippen LogP contribution is -2.05. The number of nitrogens with zero attached hydrogens (tertiary/aromatic N) is 2. The van der Waals surface area contributed by atoms with Crippen molar-refractivity contribution in [1.29, 1.82) is 0 Å². The monoisotopic (exact) mass is 250 g/mol. The maximum Gasteiger partial charge on any atom is 0.168 e. The molecule has 86 valence electrons. The van der Waals surface area contributed by atoms with Gasteiger partial charge in [0.2, 0.25) is 0 Å². The van der Waals surface area contributed by atoms with Gasteiger partial charge >= 0.3 is 0 Å². The third kappa shape index (κ3) is 2.85. The average Bonchev–Trinajstić information content (AvgIpc) is 2.34. The fourth-order valence-corrected chi connectivity index (χ4v) is 1.63. The second-order valence-electron chi connectivity index (χ2n) is 3.47. The summed E-state index contributed by atoms with van der Waals surface area (Å²) in [6, 6.07) is 5.55. The number of hydrogen-bond donors (Lipinski definition) is 0. The number of halogens is 2. The summed E-state index contributed by atoms with van der Waals surface area (Å²) < 4.78 is 12.8. The first kappa shape index (κ1) is 11.7. The van der Waals surface area contributed by atoms with E-state index in [4.69, 9.17) is 11.6 Å². The molecule has 17 heavy (non-hydrogen) atoms. The van der Waals surface area contributed by atoms with Crippen molar-refractivity contribution in [3.63, 3.8) is 0 Å². The summed E-state index contributed by atoms with van der Waals surface area (Å²) >= 11 is 5.84. The summed E-state index contributed by atoms with van der Waals surface area (Å²) in [5, 5.41) is 7.46. The molecule has 0 saturated carbocycles. The van der Waals surface area contributed by atoms with Gasteiger partial charge in [-0.2, -0.15) is 10.2 Å². The van der Waals surface area contributed by atoms with E-state index in [2.05, 4.69) is 10.2 Å². The molecule has 0 amide bonds. The third-order valence-electron chi connectivity index (χ3n) is 2.27. The van der Waals surface area contributed by atoms with E-state index in [1.807, 2.05) is 0 Å². The maximum absolute atomic E-state index is 12.8. The molecular formula is C12H8ClFN2O. The van der Waals surface area contributed by atoms with Crippen LogP contribution in [0.5, 0.6) is 0 Å². The van der Waals surface area contributed by atoms with Crippen LogP contribution in [0.1, 0.15) is 15.9 Å². The zero-order chi connectivity index (χ0) is 12.3. The van der Waals surface area contributed by atoms with E-state index in [1.54, 1.807) is 6.07 Å². The van der Waals surface area contributed by atoms with Crippen LogP contribution in [0.2, 0.25) is 5.02 Å². The van der Waals surface area contributed by atoms with Crippen molar-refractivity contribution >= 4 is 17.4 Å². The first-order chi connectivity index (χ1) is 8.16. The molecule has 3 nitrogen and oxygen atoms in total. The summed E-state index contributed by atoms with van der Waals surface area (Å²) in [6.07, 6.45) is 2.95. The van der Waals surface area contributed by atoms with Crippen molar-refractivity contribution in [1.82, 2.24) is 10.2 Å². The predicted molar refractivity (Wildman–Crippen MR) is 61.5 cm³/mol. The Morgan fingerprint density at radius 1 is 1.29 bits per heavy atom. The third-order valence-corrected chi connectivity index (χ3v) is 2.62.